The van der Waals surface area contributed by atoms with Gasteiger partial charge in [-0.25, -0.2) is 4.99 Å². The molecule has 1 heterocycles. The summed E-state index contributed by atoms with van der Waals surface area (Å²) < 4.78 is 5.10. The van der Waals surface area contributed by atoms with Crippen LogP contribution in [0, 0.1) is 5.92 Å². The molecule has 2 aromatic rings. The highest BCUT2D eigenvalue weighted by Crippen LogP contribution is 2.28. The van der Waals surface area contributed by atoms with Crippen molar-refractivity contribution < 1.29 is 14.0 Å². The Labute approximate surface area is 193 Å². The number of guanidine groups is 1. The number of amides is 2. The zero-order valence-corrected chi connectivity index (χ0v) is 19.3. The fourth-order valence-electron chi connectivity index (χ4n) is 2.72. The topological polar surface area (TPSA) is 108 Å². The first-order chi connectivity index (χ1) is 14.2. The van der Waals surface area contributed by atoms with Crippen molar-refractivity contribution in [3.63, 3.8) is 0 Å². The van der Waals surface area contributed by atoms with Gasteiger partial charge in [-0.2, -0.15) is 0 Å². The maximum Gasteiger partial charge on any atom is 0.291 e. The lowest BCUT2D eigenvalue weighted by molar-refractivity contribution is -0.122. The first-order valence-corrected chi connectivity index (χ1v) is 9.89. The van der Waals surface area contributed by atoms with Crippen molar-refractivity contribution in [3.05, 3.63) is 54.0 Å². The lowest BCUT2D eigenvalue weighted by Crippen LogP contribution is -2.41. The van der Waals surface area contributed by atoms with Gasteiger partial charge in [0.25, 0.3) is 5.91 Å². The zero-order valence-electron chi connectivity index (χ0n) is 16.9. The van der Waals surface area contributed by atoms with Crippen LogP contribution in [0.3, 0.4) is 0 Å². The molecule has 30 heavy (non-hydrogen) atoms. The first kappa shape index (κ1) is 23.7. The summed E-state index contributed by atoms with van der Waals surface area (Å²) in [6, 6.07) is 10.8. The van der Waals surface area contributed by atoms with Gasteiger partial charge >= 0.3 is 0 Å². The number of anilines is 1. The van der Waals surface area contributed by atoms with Crippen molar-refractivity contribution in [3.8, 4) is 0 Å². The molecule has 0 saturated heterocycles. The molecular weight excluding hydrogens is 497 g/mol. The second-order valence-electron chi connectivity index (χ2n) is 6.82. The summed E-state index contributed by atoms with van der Waals surface area (Å²) in [6.07, 6.45) is 3.47. The van der Waals surface area contributed by atoms with E-state index in [1.54, 1.807) is 12.1 Å². The normalized spacial score (nSPS) is 13.2. The molecule has 1 fully saturated rings. The molecule has 1 aromatic heterocycles. The number of nitrogens with one attached hydrogen (secondary N) is 4. The third-order valence-corrected chi connectivity index (χ3v) is 4.36. The molecule has 0 radical (unpaired) electrons. The summed E-state index contributed by atoms with van der Waals surface area (Å²) in [7, 11) is 0. The van der Waals surface area contributed by atoms with Crippen molar-refractivity contribution in [2.75, 3.05) is 25.0 Å². The second-order valence-corrected chi connectivity index (χ2v) is 6.82. The maximum atomic E-state index is 12.1. The third kappa shape index (κ3) is 7.69. The van der Waals surface area contributed by atoms with Crippen molar-refractivity contribution in [2.24, 2.45) is 10.9 Å². The summed E-state index contributed by atoms with van der Waals surface area (Å²) in [5.74, 6) is 1.01. The molecule has 1 aliphatic rings. The molecule has 1 saturated carbocycles. The average molecular weight is 525 g/mol. The third-order valence-electron chi connectivity index (χ3n) is 4.36. The van der Waals surface area contributed by atoms with Crippen molar-refractivity contribution in [1.29, 1.82) is 0 Å². The number of halogens is 1. The Hall–Kier alpha value is -2.56. The number of nitrogens with zero attached hydrogens (tertiary/aromatic N) is 1. The Bertz CT molecular complexity index is 850. The van der Waals surface area contributed by atoms with E-state index in [4.69, 9.17) is 4.42 Å². The monoisotopic (exact) mass is 525 g/mol. The van der Waals surface area contributed by atoms with Gasteiger partial charge in [0, 0.05) is 31.2 Å². The largest absolute Gasteiger partial charge is 0.459 e. The Morgan fingerprint density at radius 2 is 1.90 bits per heavy atom. The van der Waals surface area contributed by atoms with Gasteiger partial charge in [0.2, 0.25) is 5.91 Å². The minimum Gasteiger partial charge on any atom is -0.459 e. The number of carbonyl (C=O) groups excluding carboxylic acids is 2. The van der Waals surface area contributed by atoms with Gasteiger partial charge in [0.05, 0.1) is 12.8 Å². The van der Waals surface area contributed by atoms with Gasteiger partial charge < -0.3 is 25.7 Å². The molecule has 162 valence electrons. The number of carbonyl (C=O) groups is 2. The van der Waals surface area contributed by atoms with Crippen LogP contribution in [0.4, 0.5) is 5.69 Å². The molecule has 9 heteroatoms. The van der Waals surface area contributed by atoms with Gasteiger partial charge in [-0.1, -0.05) is 12.1 Å². The minimum absolute atomic E-state index is 0. The molecule has 0 atom stereocenters. The standard InChI is InChI=1S/C21H27N5O3.HI/c1-2-22-21(24-11-10-23-19(27)16-8-9-16)25-14-15-5-3-6-17(13-15)26-20(28)18-7-4-12-29-18;/h3-7,12-13,16H,2,8-11,14H2,1H3,(H,23,27)(H,26,28)(H2,22,24,25);1H. The van der Waals surface area contributed by atoms with Crippen LogP contribution >= 0.6 is 24.0 Å². The van der Waals surface area contributed by atoms with Crippen LogP contribution in [0.25, 0.3) is 0 Å². The van der Waals surface area contributed by atoms with Gasteiger partial charge in [-0.15, -0.1) is 24.0 Å². The molecule has 0 aliphatic heterocycles. The molecular formula is C21H28IN5O3. The van der Waals surface area contributed by atoms with Gasteiger partial charge in [0.1, 0.15) is 0 Å². The van der Waals surface area contributed by atoms with Crippen LogP contribution < -0.4 is 21.3 Å². The number of hydrogen-bond acceptors (Lipinski definition) is 4. The lowest BCUT2D eigenvalue weighted by atomic mass is 10.2. The van der Waals surface area contributed by atoms with E-state index in [0.29, 0.717) is 31.3 Å². The molecule has 4 N–H and O–H groups in total. The fourth-order valence-corrected chi connectivity index (χ4v) is 2.72. The zero-order chi connectivity index (χ0) is 20.5. The molecule has 3 rings (SSSR count). The summed E-state index contributed by atoms with van der Waals surface area (Å²) >= 11 is 0. The van der Waals surface area contributed by atoms with Crippen LogP contribution in [0.2, 0.25) is 0 Å². The maximum absolute atomic E-state index is 12.1. The molecule has 0 unspecified atom stereocenters. The lowest BCUT2D eigenvalue weighted by Gasteiger charge is -2.12. The fraction of sp³-hybridized carbons (Fsp3) is 0.381. The predicted molar refractivity (Wildman–Crippen MR) is 127 cm³/mol. The van der Waals surface area contributed by atoms with E-state index in [2.05, 4.69) is 26.3 Å². The van der Waals surface area contributed by atoms with Gasteiger partial charge in [0.15, 0.2) is 11.7 Å². The summed E-state index contributed by atoms with van der Waals surface area (Å²) in [5.41, 5.74) is 1.64. The number of furan rings is 1. The number of aliphatic imine (C=N–C) groups is 1. The smallest absolute Gasteiger partial charge is 0.291 e. The van der Waals surface area contributed by atoms with Crippen LogP contribution in [0.1, 0.15) is 35.9 Å². The Morgan fingerprint density at radius 3 is 2.60 bits per heavy atom. The quantitative estimate of drug-likeness (QED) is 0.174. The highest BCUT2D eigenvalue weighted by Gasteiger charge is 2.28. The summed E-state index contributed by atoms with van der Waals surface area (Å²) in [5, 5.41) is 12.1. The summed E-state index contributed by atoms with van der Waals surface area (Å²) in [6.45, 7) is 4.35. The number of rotatable bonds is 9. The van der Waals surface area contributed by atoms with Gasteiger partial charge in [-0.05, 0) is 49.6 Å². The average Bonchev–Trinajstić information content (AvgIpc) is 3.43. The van der Waals surface area contributed by atoms with E-state index in [9.17, 15) is 9.59 Å². The van der Waals surface area contributed by atoms with E-state index in [1.807, 2.05) is 31.2 Å². The van der Waals surface area contributed by atoms with E-state index in [1.165, 1.54) is 6.26 Å². The van der Waals surface area contributed by atoms with Crippen LogP contribution in [-0.4, -0.2) is 37.4 Å². The van der Waals surface area contributed by atoms with Crippen molar-refractivity contribution in [2.45, 2.75) is 26.3 Å². The number of benzene rings is 1. The molecule has 1 aromatic carbocycles. The van der Waals surface area contributed by atoms with Crippen LogP contribution in [0.5, 0.6) is 0 Å². The Kier molecular flexibility index (Phi) is 9.65. The van der Waals surface area contributed by atoms with Gasteiger partial charge in [-0.3, -0.25) is 9.59 Å². The highest BCUT2D eigenvalue weighted by atomic mass is 127. The van der Waals surface area contributed by atoms with E-state index in [-0.39, 0.29) is 47.5 Å². The van der Waals surface area contributed by atoms with E-state index in [0.717, 1.165) is 24.9 Å². The predicted octanol–water partition coefficient (Wildman–Crippen LogP) is 2.73. The van der Waals surface area contributed by atoms with E-state index < -0.39 is 0 Å². The van der Waals surface area contributed by atoms with E-state index >= 15 is 0 Å². The SMILES string of the molecule is CCNC(=NCc1cccc(NC(=O)c2ccco2)c1)NCCNC(=O)C1CC1.I. The number of hydrogen-bond donors (Lipinski definition) is 4. The van der Waals surface area contributed by atoms with Crippen molar-refractivity contribution >= 4 is 47.4 Å². The highest BCUT2D eigenvalue weighted by molar-refractivity contribution is 14.0. The Balaban J connectivity index is 0.00000320. The Morgan fingerprint density at radius 1 is 1.10 bits per heavy atom. The molecule has 2 amide bonds. The molecule has 8 nitrogen and oxygen atoms in total. The summed E-state index contributed by atoms with van der Waals surface area (Å²) in [4.78, 5) is 28.3. The van der Waals surface area contributed by atoms with Crippen LogP contribution in [0.15, 0.2) is 52.1 Å². The molecule has 0 spiro atoms. The minimum atomic E-state index is -0.293. The van der Waals surface area contributed by atoms with Crippen molar-refractivity contribution in [1.82, 2.24) is 16.0 Å². The molecule has 0 bridgehead atoms. The first-order valence-electron chi connectivity index (χ1n) is 9.89. The van der Waals surface area contributed by atoms with Crippen LogP contribution in [-0.2, 0) is 11.3 Å². The molecule has 1 aliphatic carbocycles. The second kappa shape index (κ2) is 12.2.